The summed E-state index contributed by atoms with van der Waals surface area (Å²) in [4.78, 5) is 10.7. The summed E-state index contributed by atoms with van der Waals surface area (Å²) in [6.45, 7) is 0. The molecule has 6 nitrogen and oxygen atoms in total. The molecule has 0 radical (unpaired) electrons. The molecule has 3 heterocycles. The van der Waals surface area contributed by atoms with Gasteiger partial charge in [-0.3, -0.25) is 0 Å². The highest BCUT2D eigenvalue weighted by atomic mass is 32.2. The molecule has 1 N–H and O–H groups in total. The van der Waals surface area contributed by atoms with Gasteiger partial charge in [0.15, 0.2) is 0 Å². The molecule has 0 amide bonds. The Morgan fingerprint density at radius 1 is 1.27 bits per heavy atom. The van der Waals surface area contributed by atoms with E-state index >= 15 is 0 Å². The number of pyridine rings is 2. The molecule has 0 aromatic carbocycles. The van der Waals surface area contributed by atoms with Gasteiger partial charge in [-0.25, -0.2) is 9.97 Å². The highest BCUT2D eigenvalue weighted by Gasteiger charge is 2.48. The van der Waals surface area contributed by atoms with Gasteiger partial charge in [-0.2, -0.15) is 21.6 Å². The van der Waals surface area contributed by atoms with Crippen LogP contribution in [0.25, 0.3) is 21.9 Å². The van der Waals surface area contributed by atoms with Crippen molar-refractivity contribution in [2.75, 3.05) is 0 Å². The molecule has 22 heavy (non-hydrogen) atoms. The molecule has 3 aromatic rings. The molecule has 0 fully saturated rings. The maximum absolute atomic E-state index is 12.3. The number of aromatic nitrogens is 3. The SMILES string of the molecule is O=S(=O)(Oc1cc2c(cn1)[nH]c1ncc[c]([AlH2])c12)C(F)(F)F. The second-order valence-corrected chi connectivity index (χ2v) is 7.14. The predicted molar refractivity (Wildman–Crippen MR) is 75.2 cm³/mol. The van der Waals surface area contributed by atoms with E-state index in [-0.39, 0.29) is 0 Å². The summed E-state index contributed by atoms with van der Waals surface area (Å²) in [5, 5.41) is 1.23. The van der Waals surface area contributed by atoms with Crippen LogP contribution in [0.2, 0.25) is 0 Å². The van der Waals surface area contributed by atoms with Crippen molar-refractivity contribution < 1.29 is 25.8 Å². The maximum Gasteiger partial charge on any atom is 0.534 e. The van der Waals surface area contributed by atoms with Gasteiger partial charge in [-0.15, -0.1) is 4.43 Å². The van der Waals surface area contributed by atoms with Crippen molar-refractivity contribution in [3.8, 4) is 5.88 Å². The fraction of sp³-hybridized carbons (Fsp3) is 0.0909. The molecule has 0 saturated heterocycles. The molecule has 0 saturated carbocycles. The smallest absolute Gasteiger partial charge is 0.355 e. The molecule has 0 aliphatic carbocycles. The van der Waals surface area contributed by atoms with E-state index in [4.69, 9.17) is 0 Å². The number of aromatic amines is 1. The summed E-state index contributed by atoms with van der Waals surface area (Å²) >= 11 is 0.686. The highest BCUT2D eigenvalue weighted by molar-refractivity contribution is 7.87. The molecule has 0 spiro atoms. The van der Waals surface area contributed by atoms with Crippen LogP contribution in [-0.4, -0.2) is 45.2 Å². The summed E-state index contributed by atoms with van der Waals surface area (Å²) in [7, 11) is -5.75. The number of nitrogens with zero attached hydrogens (tertiary/aromatic N) is 2. The summed E-state index contributed by atoms with van der Waals surface area (Å²) in [5.41, 5.74) is -4.42. The van der Waals surface area contributed by atoms with Gasteiger partial charge in [0.25, 0.3) is 16.3 Å². The lowest BCUT2D eigenvalue weighted by molar-refractivity contribution is -0.0501. The van der Waals surface area contributed by atoms with Crippen LogP contribution in [0.1, 0.15) is 0 Å². The van der Waals surface area contributed by atoms with Crippen molar-refractivity contribution in [2.45, 2.75) is 5.51 Å². The largest absolute Gasteiger partial charge is 0.534 e. The third-order valence-corrected chi connectivity index (χ3v) is 4.83. The van der Waals surface area contributed by atoms with Gasteiger partial charge in [-0.05, 0) is 0 Å². The minimum Gasteiger partial charge on any atom is -0.355 e. The Bertz CT molecular complexity index is 985. The number of alkyl halides is 3. The van der Waals surface area contributed by atoms with E-state index in [0.29, 0.717) is 32.8 Å². The molecule has 0 aliphatic heterocycles. The normalized spacial score (nSPS) is 12.9. The zero-order chi connectivity index (χ0) is 16.1. The van der Waals surface area contributed by atoms with Gasteiger partial charge in [0.2, 0.25) is 5.88 Å². The van der Waals surface area contributed by atoms with E-state index in [9.17, 15) is 21.6 Å². The van der Waals surface area contributed by atoms with Crippen molar-refractivity contribution >= 4 is 52.8 Å². The second kappa shape index (κ2) is 4.84. The van der Waals surface area contributed by atoms with E-state index in [0.717, 1.165) is 15.9 Å². The summed E-state index contributed by atoms with van der Waals surface area (Å²) in [6, 6.07) is 2.94. The van der Waals surface area contributed by atoms with Crippen LogP contribution >= 0.6 is 0 Å². The number of hydrogen-bond donors (Lipinski definition) is 1. The minimum absolute atomic E-state index is 0.510. The third-order valence-electron chi connectivity index (χ3n) is 3.04. The number of fused-ring (bicyclic) bond motifs is 3. The Labute approximate surface area is 129 Å². The maximum atomic E-state index is 12.3. The number of nitrogens with one attached hydrogen (secondary N) is 1. The molecular formula is C11H7AlF3N3O3S. The first kappa shape index (κ1) is 15.1. The predicted octanol–water partition coefficient (Wildman–Crippen LogP) is 0.598. The molecule has 0 aliphatic rings. The molecule has 3 aromatic heterocycles. The minimum atomic E-state index is -5.75. The average molecular weight is 345 g/mol. The van der Waals surface area contributed by atoms with Crippen molar-refractivity contribution in [1.29, 1.82) is 0 Å². The first-order chi connectivity index (χ1) is 10.2. The van der Waals surface area contributed by atoms with Crippen LogP contribution in [-0.2, 0) is 10.1 Å². The lowest BCUT2D eigenvalue weighted by atomic mass is 10.2. The van der Waals surface area contributed by atoms with E-state index in [2.05, 4.69) is 19.1 Å². The van der Waals surface area contributed by atoms with Gasteiger partial charge in [0.1, 0.15) is 5.65 Å². The van der Waals surface area contributed by atoms with Crippen LogP contribution in [0.3, 0.4) is 0 Å². The highest BCUT2D eigenvalue weighted by Crippen LogP contribution is 2.29. The molecule has 11 heteroatoms. The van der Waals surface area contributed by atoms with Gasteiger partial charge >= 0.3 is 15.6 Å². The molecule has 0 unspecified atom stereocenters. The van der Waals surface area contributed by atoms with Crippen LogP contribution in [0.5, 0.6) is 5.88 Å². The Morgan fingerprint density at radius 3 is 2.68 bits per heavy atom. The van der Waals surface area contributed by atoms with E-state index in [1.54, 1.807) is 12.3 Å². The number of H-pyrrole nitrogens is 1. The third kappa shape index (κ3) is 2.41. The quantitative estimate of drug-likeness (QED) is 0.418. The zero-order valence-corrected chi connectivity index (χ0v) is 13.8. The van der Waals surface area contributed by atoms with E-state index in [1.807, 2.05) is 0 Å². The first-order valence-electron chi connectivity index (χ1n) is 5.93. The topological polar surface area (TPSA) is 84.9 Å². The van der Waals surface area contributed by atoms with Crippen LogP contribution in [0.4, 0.5) is 13.2 Å². The summed E-state index contributed by atoms with van der Waals surface area (Å²) < 4.78 is 64.1. The van der Waals surface area contributed by atoms with Gasteiger partial charge in [0.05, 0.1) is 11.7 Å². The van der Waals surface area contributed by atoms with Crippen LogP contribution < -0.4 is 8.61 Å². The Balaban J connectivity index is 2.16. The van der Waals surface area contributed by atoms with Gasteiger partial charge < -0.3 is 9.17 Å². The average Bonchev–Trinajstić information content (AvgIpc) is 2.76. The molecular weight excluding hydrogens is 338 g/mol. The van der Waals surface area contributed by atoms with E-state index in [1.165, 1.54) is 6.20 Å². The molecule has 0 bridgehead atoms. The zero-order valence-electron chi connectivity index (χ0n) is 11.0. The van der Waals surface area contributed by atoms with Crippen molar-refractivity contribution in [1.82, 2.24) is 15.0 Å². The number of halogens is 3. The lowest BCUT2D eigenvalue weighted by Gasteiger charge is -2.08. The van der Waals surface area contributed by atoms with Gasteiger partial charge in [-0.1, -0.05) is 6.07 Å². The Hall–Kier alpha value is -1.83. The standard InChI is InChI=1S/C11H5F3N3O3S.Al.2H/c12-11(13,14)21(18,19)20-9-4-7-6-2-1-3-15-10(6)17-8(7)5-16-9;;;/h1,3-5H,(H,15,17);;;. The Morgan fingerprint density at radius 2 is 2.00 bits per heavy atom. The number of rotatable bonds is 2. The first-order valence-corrected chi connectivity index (χ1v) is 8.34. The summed E-state index contributed by atoms with van der Waals surface area (Å²) in [6.07, 6.45) is 2.82. The van der Waals surface area contributed by atoms with Gasteiger partial charge in [0, 0.05) is 23.0 Å². The number of hydrogen-bond acceptors (Lipinski definition) is 5. The summed E-state index contributed by atoms with van der Waals surface area (Å²) in [5.74, 6) is -0.643. The fourth-order valence-corrected chi connectivity index (χ4v) is 3.13. The monoisotopic (exact) mass is 345 g/mol. The molecule has 114 valence electrons. The lowest BCUT2D eigenvalue weighted by Crippen LogP contribution is -2.28. The van der Waals surface area contributed by atoms with Crippen LogP contribution in [0, 0.1) is 0 Å². The van der Waals surface area contributed by atoms with Crippen molar-refractivity contribution in [3.63, 3.8) is 0 Å². The van der Waals surface area contributed by atoms with Crippen LogP contribution in [0.15, 0.2) is 24.5 Å². The second-order valence-electron chi connectivity index (χ2n) is 4.53. The molecule has 3 rings (SSSR count). The molecule has 0 atom stereocenters. The van der Waals surface area contributed by atoms with Crippen molar-refractivity contribution in [3.05, 3.63) is 24.5 Å². The van der Waals surface area contributed by atoms with Crippen molar-refractivity contribution in [2.24, 2.45) is 0 Å². The Kier molecular flexibility index (Phi) is 3.32. The fourth-order valence-electron chi connectivity index (χ4n) is 2.07. The van der Waals surface area contributed by atoms with E-state index < -0.39 is 21.5 Å².